The van der Waals surface area contributed by atoms with Gasteiger partial charge in [-0.3, -0.25) is 15.5 Å². The number of halogens is 1. The van der Waals surface area contributed by atoms with E-state index in [1.165, 1.54) is 12.3 Å². The van der Waals surface area contributed by atoms with Crippen LogP contribution in [0.3, 0.4) is 0 Å². The van der Waals surface area contributed by atoms with Gasteiger partial charge in [-0.05, 0) is 13.8 Å². The molecule has 1 atom stereocenters. The minimum atomic E-state index is -1.38. The third kappa shape index (κ3) is 4.63. The molecule has 9 heteroatoms. The number of hydrogen-bond acceptors (Lipinski definition) is 7. The van der Waals surface area contributed by atoms with Crippen LogP contribution in [0.25, 0.3) is 0 Å². The molecule has 1 aromatic heterocycles. The van der Waals surface area contributed by atoms with Crippen molar-refractivity contribution in [1.82, 2.24) is 0 Å². The molecular weight excluding hydrogens is 358 g/mol. The first-order valence-electron chi connectivity index (χ1n) is 6.74. The number of carbonyl (C=O) groups excluding carboxylic acids is 2. The van der Waals surface area contributed by atoms with Crippen LogP contribution in [0.1, 0.15) is 17.5 Å². The van der Waals surface area contributed by atoms with Gasteiger partial charge in [-0.25, -0.2) is 4.79 Å². The summed E-state index contributed by atoms with van der Waals surface area (Å²) >= 11 is 2.64. The van der Waals surface area contributed by atoms with Gasteiger partial charge >= 0.3 is 5.97 Å². The van der Waals surface area contributed by atoms with Crippen LogP contribution in [0.2, 0.25) is 0 Å². The number of aromatic nitrogens is 1. The highest BCUT2D eigenvalue weighted by Crippen LogP contribution is 2.34. The lowest BCUT2D eigenvalue weighted by atomic mass is 10.3. The molecule has 2 heterocycles. The number of rotatable bonds is 5. The van der Waals surface area contributed by atoms with Gasteiger partial charge in [0, 0.05) is 24.1 Å². The molecule has 2 N–H and O–H groups in total. The van der Waals surface area contributed by atoms with E-state index < -0.39 is 11.0 Å². The summed E-state index contributed by atoms with van der Waals surface area (Å²) in [7, 11) is 0. The highest BCUT2D eigenvalue weighted by molar-refractivity contribution is 8.06. The van der Waals surface area contributed by atoms with Gasteiger partial charge in [0.05, 0.1) is 11.5 Å². The summed E-state index contributed by atoms with van der Waals surface area (Å²) in [6.45, 7) is 6.14. The van der Waals surface area contributed by atoms with E-state index in [4.69, 9.17) is 10.5 Å². The molecule has 2 rings (SSSR count). The van der Waals surface area contributed by atoms with E-state index in [1.807, 2.05) is 23.9 Å². The summed E-state index contributed by atoms with van der Waals surface area (Å²) in [6.07, 6.45) is 2.74. The molecule has 0 saturated carbocycles. The van der Waals surface area contributed by atoms with Crippen LogP contribution in [0, 0.1) is 13.8 Å². The predicted octanol–water partition coefficient (Wildman–Crippen LogP) is -1.90. The standard InChI is InChI=1S/C14H18N3O3S2.ClH/c1-4-20-13(19)5-11-6-16-14(15,22-11)12(18)7-17-8-21-10(3)9(17)2;/h5-6,8H,4,7,15H2,1-3H3;1H/q+1;/p-1. The molecule has 0 bridgehead atoms. The van der Waals surface area contributed by atoms with E-state index in [9.17, 15) is 9.59 Å². The van der Waals surface area contributed by atoms with Crippen LogP contribution >= 0.6 is 23.1 Å². The zero-order chi connectivity index (χ0) is 16.3. The second-order valence-corrected chi connectivity index (χ2v) is 7.13. The van der Waals surface area contributed by atoms with E-state index in [-0.39, 0.29) is 24.7 Å². The summed E-state index contributed by atoms with van der Waals surface area (Å²) in [5, 5.41) is 0. The van der Waals surface area contributed by atoms with E-state index in [0.29, 0.717) is 11.5 Å². The number of ether oxygens (including phenoxy) is 1. The van der Waals surface area contributed by atoms with Gasteiger partial charge in [0.1, 0.15) is 0 Å². The zero-order valence-corrected chi connectivity index (χ0v) is 15.4. The zero-order valence-electron chi connectivity index (χ0n) is 13.0. The van der Waals surface area contributed by atoms with Gasteiger partial charge in [0.2, 0.25) is 22.8 Å². The number of thioether (sulfide) groups is 1. The Labute approximate surface area is 149 Å². The molecule has 23 heavy (non-hydrogen) atoms. The third-order valence-corrected chi connectivity index (χ3v) is 5.33. The minimum Gasteiger partial charge on any atom is -1.00 e. The van der Waals surface area contributed by atoms with E-state index in [0.717, 1.165) is 22.3 Å². The summed E-state index contributed by atoms with van der Waals surface area (Å²) < 4.78 is 6.69. The number of esters is 1. The fourth-order valence-corrected chi connectivity index (χ4v) is 3.53. The van der Waals surface area contributed by atoms with Gasteiger partial charge in [-0.1, -0.05) is 23.1 Å². The first-order valence-corrected chi connectivity index (χ1v) is 8.44. The largest absolute Gasteiger partial charge is 1.00 e. The number of thiazole rings is 1. The molecule has 0 aliphatic carbocycles. The maximum Gasteiger partial charge on any atom is 0.331 e. The van der Waals surface area contributed by atoms with Crippen molar-refractivity contribution in [2.45, 2.75) is 32.3 Å². The average molecular weight is 376 g/mol. The predicted molar refractivity (Wildman–Crippen MR) is 86.7 cm³/mol. The quantitative estimate of drug-likeness (QED) is 0.369. The van der Waals surface area contributed by atoms with Crippen LogP contribution < -0.4 is 22.7 Å². The van der Waals surface area contributed by atoms with Gasteiger partial charge in [-0.15, -0.1) is 0 Å². The number of nitrogens with two attached hydrogens (primary N) is 1. The van der Waals surface area contributed by atoms with E-state index in [2.05, 4.69) is 4.99 Å². The Hall–Kier alpha value is -1.22. The van der Waals surface area contributed by atoms with Gasteiger partial charge in [-0.2, -0.15) is 4.57 Å². The smallest absolute Gasteiger partial charge is 0.331 e. The number of hydrogen-bond donors (Lipinski definition) is 1. The lowest BCUT2D eigenvalue weighted by Gasteiger charge is -2.15. The van der Waals surface area contributed by atoms with Crippen LogP contribution in [0.5, 0.6) is 0 Å². The topological polar surface area (TPSA) is 85.6 Å². The molecule has 0 fully saturated rings. The van der Waals surface area contributed by atoms with Gasteiger partial charge < -0.3 is 17.1 Å². The van der Waals surface area contributed by atoms with Crippen molar-refractivity contribution in [3.05, 3.63) is 27.1 Å². The molecule has 1 aromatic rings. The first-order chi connectivity index (χ1) is 10.4. The van der Waals surface area contributed by atoms with Gasteiger partial charge in [0.15, 0.2) is 5.69 Å². The maximum absolute atomic E-state index is 12.4. The summed E-state index contributed by atoms with van der Waals surface area (Å²) in [5.41, 5.74) is 8.99. The van der Waals surface area contributed by atoms with Crippen molar-refractivity contribution < 1.29 is 31.3 Å². The minimum absolute atomic E-state index is 0. The van der Waals surface area contributed by atoms with Crippen molar-refractivity contribution in [2.75, 3.05) is 6.61 Å². The normalized spacial score (nSPS) is 21.3. The number of aryl methyl sites for hydroxylation is 1. The molecular formula is C14H18ClN3O3S2. The Kier molecular flexibility index (Phi) is 6.94. The van der Waals surface area contributed by atoms with Crippen molar-refractivity contribution in [1.29, 1.82) is 0 Å². The Morgan fingerprint density at radius 2 is 2.17 bits per heavy atom. The molecule has 0 aromatic carbocycles. The summed E-state index contributed by atoms with van der Waals surface area (Å²) in [4.78, 5) is 28.2. The van der Waals surface area contributed by atoms with Crippen molar-refractivity contribution in [3.63, 3.8) is 0 Å². The number of ketones is 1. The Morgan fingerprint density at radius 3 is 2.74 bits per heavy atom. The molecule has 0 amide bonds. The number of carbonyl (C=O) groups is 2. The highest BCUT2D eigenvalue weighted by atomic mass is 35.5. The number of allylic oxidation sites excluding steroid dienone is 1. The van der Waals surface area contributed by atoms with Gasteiger partial charge in [0.25, 0.3) is 0 Å². The molecule has 0 radical (unpaired) electrons. The lowest BCUT2D eigenvalue weighted by molar-refractivity contribution is -0.685. The third-order valence-electron chi connectivity index (χ3n) is 3.21. The number of Topliss-reactive ketones (excluding diaryl/α,β-unsaturated/α-hetero) is 1. The van der Waals surface area contributed by atoms with E-state index >= 15 is 0 Å². The fourth-order valence-electron chi connectivity index (χ4n) is 1.82. The van der Waals surface area contributed by atoms with Crippen LogP contribution in [-0.4, -0.2) is 29.6 Å². The van der Waals surface area contributed by atoms with Crippen LogP contribution in [-0.2, 0) is 20.9 Å². The highest BCUT2D eigenvalue weighted by Gasteiger charge is 2.41. The molecule has 6 nitrogen and oxygen atoms in total. The fraction of sp³-hybridized carbons (Fsp3) is 0.429. The lowest BCUT2D eigenvalue weighted by Crippen LogP contribution is -3.00. The monoisotopic (exact) mass is 375 g/mol. The second kappa shape index (κ2) is 8.05. The average Bonchev–Trinajstić information content (AvgIpc) is 2.98. The van der Waals surface area contributed by atoms with Crippen LogP contribution in [0.15, 0.2) is 21.5 Å². The Morgan fingerprint density at radius 1 is 1.48 bits per heavy atom. The molecule has 1 aliphatic heterocycles. The van der Waals surface area contributed by atoms with E-state index in [1.54, 1.807) is 18.3 Å². The second-order valence-electron chi connectivity index (χ2n) is 4.77. The van der Waals surface area contributed by atoms with Crippen molar-refractivity contribution in [2.24, 2.45) is 10.7 Å². The number of nitrogens with zero attached hydrogens (tertiary/aromatic N) is 2. The molecule has 0 saturated heterocycles. The molecule has 1 aliphatic rings. The number of aliphatic imine (C=N–C) groups is 1. The van der Waals surface area contributed by atoms with Crippen molar-refractivity contribution in [3.8, 4) is 0 Å². The summed E-state index contributed by atoms with van der Waals surface area (Å²) in [5.74, 6) is -0.682. The molecule has 1 unspecified atom stereocenters. The maximum atomic E-state index is 12.4. The summed E-state index contributed by atoms with van der Waals surface area (Å²) in [6, 6.07) is 0. The van der Waals surface area contributed by atoms with Crippen molar-refractivity contribution >= 4 is 41.1 Å². The Balaban J connectivity index is 0.00000264. The first kappa shape index (κ1) is 19.8. The molecule has 126 valence electrons. The Bertz CT molecular complexity index is 672. The van der Waals surface area contributed by atoms with Crippen LogP contribution in [0.4, 0.5) is 0 Å². The SMILES string of the molecule is CCOC(=O)C=C1C=NC(N)(C(=O)C[n+]2csc(C)c2C)S1.[Cl-]. The molecule has 0 spiro atoms.